The summed E-state index contributed by atoms with van der Waals surface area (Å²) in [6.07, 6.45) is 0. The van der Waals surface area contributed by atoms with Crippen LogP contribution in [0.3, 0.4) is 0 Å². The average Bonchev–Trinajstić information content (AvgIpc) is 3.38. The summed E-state index contributed by atoms with van der Waals surface area (Å²) in [5.74, 6) is 1.59. The van der Waals surface area contributed by atoms with Gasteiger partial charge in [-0.15, -0.1) is 0 Å². The van der Waals surface area contributed by atoms with E-state index in [9.17, 15) is 0 Å². The normalized spacial score (nSPS) is 11.4. The van der Waals surface area contributed by atoms with Crippen LogP contribution in [0.4, 0.5) is 0 Å². The Labute approximate surface area is 379 Å². The van der Waals surface area contributed by atoms with E-state index in [4.69, 9.17) is 4.74 Å². The summed E-state index contributed by atoms with van der Waals surface area (Å²) < 4.78 is 6.48. The summed E-state index contributed by atoms with van der Waals surface area (Å²) in [7, 11) is 0. The first-order valence-corrected chi connectivity index (χ1v) is 22.3. The van der Waals surface area contributed by atoms with Crippen LogP contribution in [0, 0.1) is 0 Å². The highest BCUT2D eigenvalue weighted by atomic mass is 16.5. The van der Waals surface area contributed by atoms with Crippen molar-refractivity contribution in [3.8, 4) is 78.3 Å². The van der Waals surface area contributed by atoms with Crippen LogP contribution < -0.4 is 4.74 Å². The van der Waals surface area contributed by atoms with Crippen LogP contribution in [0.15, 0.2) is 255 Å². The van der Waals surface area contributed by atoms with Crippen molar-refractivity contribution in [2.75, 3.05) is 0 Å². The Kier molecular flexibility index (Phi) is 9.58. The molecule has 0 aliphatic rings. The van der Waals surface area contributed by atoms with Crippen molar-refractivity contribution >= 4 is 43.1 Å². The van der Waals surface area contributed by atoms with Gasteiger partial charge >= 0.3 is 0 Å². The van der Waals surface area contributed by atoms with Gasteiger partial charge in [0.1, 0.15) is 11.5 Å². The lowest BCUT2D eigenvalue weighted by Gasteiger charge is -2.19. The maximum Gasteiger partial charge on any atom is 0.127 e. The van der Waals surface area contributed by atoms with Crippen LogP contribution in [0.5, 0.6) is 11.5 Å². The molecule has 0 saturated heterocycles. The van der Waals surface area contributed by atoms with Crippen molar-refractivity contribution in [3.63, 3.8) is 0 Å². The molecule has 0 amide bonds. The molecule has 0 spiro atoms. The van der Waals surface area contributed by atoms with Crippen LogP contribution in [0.1, 0.15) is 0 Å². The van der Waals surface area contributed by atoms with Gasteiger partial charge in [-0.1, -0.05) is 218 Å². The summed E-state index contributed by atoms with van der Waals surface area (Å²) in [5, 5.41) is 9.97. The molecule has 0 N–H and O–H groups in total. The molecule has 0 fully saturated rings. The smallest absolute Gasteiger partial charge is 0.127 e. The maximum atomic E-state index is 6.48. The molecule has 0 aromatic heterocycles. The van der Waals surface area contributed by atoms with Crippen molar-refractivity contribution in [2.45, 2.75) is 0 Å². The predicted molar refractivity (Wildman–Crippen MR) is 276 cm³/mol. The molecule has 0 atom stereocenters. The van der Waals surface area contributed by atoms with Crippen molar-refractivity contribution < 1.29 is 4.74 Å². The predicted octanol–water partition coefficient (Wildman–Crippen LogP) is 18.1. The molecule has 304 valence electrons. The zero-order chi connectivity index (χ0) is 43.1. The van der Waals surface area contributed by atoms with Gasteiger partial charge in [-0.05, 0) is 146 Å². The van der Waals surface area contributed by atoms with Crippen LogP contribution >= 0.6 is 0 Å². The summed E-state index contributed by atoms with van der Waals surface area (Å²) in [4.78, 5) is 0. The molecule has 0 aliphatic heterocycles. The summed E-state index contributed by atoms with van der Waals surface area (Å²) in [6, 6.07) is 91.6. The Morgan fingerprint density at radius 1 is 0.169 bits per heavy atom. The lowest BCUT2D eigenvalue weighted by molar-refractivity contribution is 0.483. The van der Waals surface area contributed by atoms with E-state index in [0.29, 0.717) is 0 Å². The Morgan fingerprint density at radius 3 is 0.723 bits per heavy atom. The Bertz CT molecular complexity index is 3420. The first-order chi connectivity index (χ1) is 32.2. The van der Waals surface area contributed by atoms with Crippen LogP contribution in [0.25, 0.3) is 110 Å². The average molecular weight is 827 g/mol. The number of fused-ring (bicyclic) bond motifs is 4. The van der Waals surface area contributed by atoms with Gasteiger partial charge in [0.25, 0.3) is 0 Å². The highest BCUT2D eigenvalue weighted by Gasteiger charge is 2.19. The van der Waals surface area contributed by atoms with Gasteiger partial charge in [0.15, 0.2) is 0 Å². The maximum absolute atomic E-state index is 6.48. The first kappa shape index (κ1) is 38.2. The number of rotatable bonds is 8. The number of hydrogen-bond donors (Lipinski definition) is 0. The van der Waals surface area contributed by atoms with E-state index >= 15 is 0 Å². The van der Waals surface area contributed by atoms with E-state index < -0.39 is 0 Å². The fourth-order valence-electron chi connectivity index (χ4n) is 9.95. The quantitative estimate of drug-likeness (QED) is 0.139. The molecule has 0 saturated carbocycles. The van der Waals surface area contributed by atoms with Crippen molar-refractivity contribution in [2.24, 2.45) is 0 Å². The van der Waals surface area contributed by atoms with Crippen molar-refractivity contribution in [3.05, 3.63) is 255 Å². The van der Waals surface area contributed by atoms with Crippen LogP contribution in [0.2, 0.25) is 0 Å². The van der Waals surface area contributed by atoms with E-state index in [1.165, 1.54) is 87.6 Å². The lowest BCUT2D eigenvalue weighted by atomic mass is 9.85. The number of benzene rings is 12. The van der Waals surface area contributed by atoms with Gasteiger partial charge in [-0.25, -0.2) is 0 Å². The Hall–Kier alpha value is -8.52. The summed E-state index contributed by atoms with van der Waals surface area (Å²) in [5.41, 5.74) is 14.5. The molecule has 0 aliphatic carbocycles. The minimum Gasteiger partial charge on any atom is -0.457 e. The van der Waals surface area contributed by atoms with Gasteiger partial charge in [0, 0.05) is 0 Å². The van der Waals surface area contributed by atoms with Gasteiger partial charge in [0.2, 0.25) is 0 Å². The molecular weight excluding hydrogens is 785 g/mol. The standard InChI is InChI=1S/C64H42O/c1-5-17-45(18-6-1)61-53-25-13-15-27-55(53)63(47-21-9-3-10-22-47)59-41-49(33-39-57(59)61)43-29-35-51(36-30-43)65-52-37-31-44(32-38-52)50-34-40-58-60(42-50)64(48-23-11-4-12-24-48)56-28-16-14-26-54(56)62(58)46-19-7-2-8-20-46/h1-42H. The zero-order valence-electron chi connectivity index (χ0n) is 35.7. The van der Waals surface area contributed by atoms with E-state index in [2.05, 4.69) is 255 Å². The lowest BCUT2D eigenvalue weighted by Crippen LogP contribution is -1.92. The molecule has 0 unspecified atom stereocenters. The van der Waals surface area contributed by atoms with E-state index in [1.54, 1.807) is 0 Å². The molecular formula is C64H42O. The Morgan fingerprint density at radius 2 is 0.415 bits per heavy atom. The number of ether oxygens (including phenoxy) is 1. The molecule has 0 heterocycles. The highest BCUT2D eigenvalue weighted by molar-refractivity contribution is 6.23. The number of hydrogen-bond acceptors (Lipinski definition) is 1. The van der Waals surface area contributed by atoms with E-state index in [1.807, 2.05) is 0 Å². The van der Waals surface area contributed by atoms with E-state index in [0.717, 1.165) is 33.8 Å². The summed E-state index contributed by atoms with van der Waals surface area (Å²) >= 11 is 0. The SMILES string of the molecule is c1ccc(-c2c3ccccc3c(-c3ccccc3)c3cc(-c4ccc(Oc5ccc(-c6ccc7c(-c8ccccc8)c8ccccc8c(-c8ccccc8)c7c6)cc5)cc4)ccc23)cc1. The van der Waals surface area contributed by atoms with E-state index in [-0.39, 0.29) is 0 Å². The largest absolute Gasteiger partial charge is 0.457 e. The van der Waals surface area contributed by atoms with Gasteiger partial charge in [-0.2, -0.15) is 0 Å². The molecule has 12 aromatic rings. The molecule has 12 aromatic carbocycles. The van der Waals surface area contributed by atoms with Crippen LogP contribution in [-0.2, 0) is 0 Å². The monoisotopic (exact) mass is 826 g/mol. The van der Waals surface area contributed by atoms with Gasteiger partial charge < -0.3 is 4.74 Å². The molecule has 12 rings (SSSR count). The minimum atomic E-state index is 0.795. The molecule has 0 bridgehead atoms. The fourth-order valence-corrected chi connectivity index (χ4v) is 9.95. The van der Waals surface area contributed by atoms with Crippen LogP contribution in [-0.4, -0.2) is 0 Å². The zero-order valence-corrected chi connectivity index (χ0v) is 35.7. The van der Waals surface area contributed by atoms with Crippen molar-refractivity contribution in [1.29, 1.82) is 0 Å². The molecule has 65 heavy (non-hydrogen) atoms. The first-order valence-electron chi connectivity index (χ1n) is 22.3. The highest BCUT2D eigenvalue weighted by Crippen LogP contribution is 2.47. The molecule has 1 nitrogen and oxygen atoms in total. The molecule has 0 radical (unpaired) electrons. The van der Waals surface area contributed by atoms with Gasteiger partial charge in [0.05, 0.1) is 0 Å². The third-order valence-electron chi connectivity index (χ3n) is 12.9. The minimum absolute atomic E-state index is 0.795. The third-order valence-corrected chi connectivity index (χ3v) is 12.9. The second kappa shape index (κ2) is 16.3. The second-order valence-corrected chi connectivity index (χ2v) is 16.7. The van der Waals surface area contributed by atoms with Gasteiger partial charge in [-0.3, -0.25) is 0 Å². The summed E-state index contributed by atoms with van der Waals surface area (Å²) in [6.45, 7) is 0. The van der Waals surface area contributed by atoms with Crippen molar-refractivity contribution in [1.82, 2.24) is 0 Å². The topological polar surface area (TPSA) is 9.23 Å². The molecule has 1 heteroatoms. The second-order valence-electron chi connectivity index (χ2n) is 16.7. The third kappa shape index (κ3) is 6.92. The Balaban J connectivity index is 0.881. The fraction of sp³-hybridized carbons (Fsp3) is 0.